The minimum absolute atomic E-state index is 0.0786. The molecule has 0 aromatic heterocycles. The summed E-state index contributed by atoms with van der Waals surface area (Å²) in [5.74, 6) is -0.0360. The smallest absolute Gasteiger partial charge is 0.256 e. The van der Waals surface area contributed by atoms with Crippen molar-refractivity contribution in [2.75, 3.05) is 17.3 Å². The van der Waals surface area contributed by atoms with E-state index in [1.54, 1.807) is 29.2 Å². The second-order valence-corrected chi connectivity index (χ2v) is 8.25. The Bertz CT molecular complexity index is 1190. The molecule has 1 heterocycles. The van der Waals surface area contributed by atoms with Crippen molar-refractivity contribution in [3.63, 3.8) is 0 Å². The molecule has 168 valence electrons. The summed E-state index contributed by atoms with van der Waals surface area (Å²) >= 11 is 12.1. The summed E-state index contributed by atoms with van der Waals surface area (Å²) in [6.45, 7) is 0.306. The van der Waals surface area contributed by atoms with E-state index >= 15 is 0 Å². The number of ether oxygens (including phenoxy) is 1. The average molecular weight is 480 g/mol. The van der Waals surface area contributed by atoms with Gasteiger partial charge in [-0.2, -0.15) is 0 Å². The number of rotatable bonds is 7. The van der Waals surface area contributed by atoms with E-state index in [2.05, 4.69) is 5.32 Å². The maximum absolute atomic E-state index is 13.5. The van der Waals surface area contributed by atoms with Gasteiger partial charge in [-0.3, -0.25) is 14.5 Å². The topological polar surface area (TPSA) is 61.9 Å². The molecule has 4 rings (SSSR count). The lowest BCUT2D eigenvalue weighted by atomic mass is 10.1. The number of nitrogens with one attached hydrogen (secondary N) is 1. The third kappa shape index (κ3) is 4.84. The molecule has 0 radical (unpaired) electrons. The van der Waals surface area contributed by atoms with Gasteiger partial charge >= 0.3 is 0 Å². The summed E-state index contributed by atoms with van der Waals surface area (Å²) in [5.41, 5.74) is 2.01. The van der Waals surface area contributed by atoms with Gasteiger partial charge in [-0.05, 0) is 48.1 Å². The van der Waals surface area contributed by atoms with E-state index < -0.39 is 6.04 Å². The standard InChI is InChI=1S/C25H22ClN3O3S/c1-32-22-14-8-7-13-20(22)27-23(30)15-21-24(31)29(18-10-3-2-4-11-18)25(33)28(21)16-17-9-5-6-12-19(17)26/h2-14,21H,15-16H2,1H3,(H,27,30)/t21-/m0/s1. The molecule has 1 atom stereocenters. The molecule has 0 bridgehead atoms. The van der Waals surface area contributed by atoms with Crippen LogP contribution in [0.2, 0.25) is 5.02 Å². The Kier molecular flexibility index (Phi) is 6.91. The van der Waals surface area contributed by atoms with Gasteiger partial charge in [-0.25, -0.2) is 0 Å². The largest absolute Gasteiger partial charge is 0.495 e. The molecule has 1 N–H and O–H groups in total. The number of nitrogens with zero attached hydrogens (tertiary/aromatic N) is 2. The first-order valence-electron chi connectivity index (χ1n) is 10.4. The molecule has 2 amide bonds. The summed E-state index contributed by atoms with van der Waals surface area (Å²) < 4.78 is 5.31. The zero-order valence-electron chi connectivity index (χ0n) is 17.9. The third-order valence-electron chi connectivity index (χ3n) is 5.39. The summed E-state index contributed by atoms with van der Waals surface area (Å²) in [7, 11) is 1.53. The van der Waals surface area contributed by atoms with Crippen LogP contribution in [0.5, 0.6) is 5.75 Å². The lowest BCUT2D eigenvalue weighted by Crippen LogP contribution is -2.37. The molecule has 3 aromatic rings. The van der Waals surface area contributed by atoms with Gasteiger partial charge in [0.25, 0.3) is 5.91 Å². The molecule has 1 aliphatic rings. The zero-order chi connectivity index (χ0) is 23.4. The number of para-hydroxylation sites is 3. The van der Waals surface area contributed by atoms with E-state index in [1.807, 2.05) is 54.6 Å². The summed E-state index contributed by atoms with van der Waals surface area (Å²) in [6, 6.07) is 22.9. The average Bonchev–Trinajstić information content (AvgIpc) is 3.05. The highest BCUT2D eigenvalue weighted by molar-refractivity contribution is 7.80. The van der Waals surface area contributed by atoms with Crippen LogP contribution in [0, 0.1) is 0 Å². The number of amides is 2. The van der Waals surface area contributed by atoms with Crippen LogP contribution in [0.25, 0.3) is 0 Å². The minimum Gasteiger partial charge on any atom is -0.495 e. The van der Waals surface area contributed by atoms with Gasteiger partial charge in [0.1, 0.15) is 11.8 Å². The van der Waals surface area contributed by atoms with Crippen LogP contribution in [-0.2, 0) is 16.1 Å². The van der Waals surface area contributed by atoms with Crippen LogP contribution in [0.15, 0.2) is 78.9 Å². The van der Waals surface area contributed by atoms with Crippen molar-refractivity contribution in [2.24, 2.45) is 0 Å². The van der Waals surface area contributed by atoms with Gasteiger partial charge < -0.3 is 15.0 Å². The second kappa shape index (κ2) is 10.0. The number of thiocarbonyl (C=S) groups is 1. The lowest BCUT2D eigenvalue weighted by Gasteiger charge is -2.24. The molecule has 1 aliphatic heterocycles. The van der Waals surface area contributed by atoms with Gasteiger partial charge in [0, 0.05) is 11.6 Å². The van der Waals surface area contributed by atoms with Gasteiger partial charge in [0.15, 0.2) is 5.11 Å². The number of carbonyl (C=O) groups excluding carboxylic acids is 2. The molecule has 1 saturated heterocycles. The van der Waals surface area contributed by atoms with Gasteiger partial charge in [-0.1, -0.05) is 60.1 Å². The Morgan fingerprint density at radius 2 is 1.70 bits per heavy atom. The Morgan fingerprint density at radius 3 is 2.42 bits per heavy atom. The van der Waals surface area contributed by atoms with E-state index in [9.17, 15) is 9.59 Å². The first-order valence-corrected chi connectivity index (χ1v) is 11.1. The van der Waals surface area contributed by atoms with Crippen LogP contribution in [0.3, 0.4) is 0 Å². The fourth-order valence-electron chi connectivity index (χ4n) is 3.76. The van der Waals surface area contributed by atoms with Crippen molar-refractivity contribution in [1.29, 1.82) is 0 Å². The van der Waals surface area contributed by atoms with Crippen molar-refractivity contribution >= 4 is 52.1 Å². The SMILES string of the molecule is COc1ccccc1NC(=O)C[C@H]1C(=O)N(c2ccccc2)C(=S)N1Cc1ccccc1Cl. The van der Waals surface area contributed by atoms with Crippen molar-refractivity contribution in [3.8, 4) is 5.75 Å². The van der Waals surface area contributed by atoms with E-state index in [0.29, 0.717) is 33.8 Å². The third-order valence-corrected chi connectivity index (χ3v) is 6.18. The molecule has 6 nitrogen and oxygen atoms in total. The normalized spacial score (nSPS) is 15.6. The zero-order valence-corrected chi connectivity index (χ0v) is 19.5. The molecular formula is C25H22ClN3O3S. The number of hydrogen-bond acceptors (Lipinski definition) is 4. The van der Waals surface area contributed by atoms with Crippen LogP contribution in [-0.4, -0.2) is 35.0 Å². The van der Waals surface area contributed by atoms with E-state index in [1.165, 1.54) is 12.0 Å². The number of carbonyl (C=O) groups is 2. The van der Waals surface area contributed by atoms with Crippen LogP contribution in [0.4, 0.5) is 11.4 Å². The maximum atomic E-state index is 13.5. The van der Waals surface area contributed by atoms with E-state index in [4.69, 9.17) is 28.6 Å². The number of benzene rings is 3. The highest BCUT2D eigenvalue weighted by Gasteiger charge is 2.44. The number of anilines is 2. The maximum Gasteiger partial charge on any atom is 0.256 e. The first kappa shape index (κ1) is 22.8. The molecule has 0 unspecified atom stereocenters. The van der Waals surface area contributed by atoms with Crippen LogP contribution >= 0.6 is 23.8 Å². The molecule has 0 aliphatic carbocycles. The fourth-order valence-corrected chi connectivity index (χ4v) is 4.35. The molecule has 0 spiro atoms. The van der Waals surface area contributed by atoms with E-state index in [-0.39, 0.29) is 18.2 Å². The lowest BCUT2D eigenvalue weighted by molar-refractivity contribution is -0.124. The monoisotopic (exact) mass is 479 g/mol. The van der Waals surface area contributed by atoms with Gasteiger partial charge in [0.2, 0.25) is 5.91 Å². The number of halogens is 1. The van der Waals surface area contributed by atoms with Crippen LogP contribution in [0.1, 0.15) is 12.0 Å². The summed E-state index contributed by atoms with van der Waals surface area (Å²) in [4.78, 5) is 29.7. The number of methoxy groups -OCH3 is 1. The Balaban J connectivity index is 1.62. The minimum atomic E-state index is -0.774. The van der Waals surface area contributed by atoms with Crippen molar-refractivity contribution < 1.29 is 14.3 Å². The predicted octanol–water partition coefficient (Wildman–Crippen LogP) is 4.88. The van der Waals surface area contributed by atoms with Crippen molar-refractivity contribution in [3.05, 3.63) is 89.4 Å². The summed E-state index contributed by atoms with van der Waals surface area (Å²) in [6.07, 6.45) is -0.0786. The van der Waals surface area contributed by atoms with Crippen LogP contribution < -0.4 is 15.0 Å². The Labute approximate surface area is 202 Å². The van der Waals surface area contributed by atoms with Gasteiger partial charge in [-0.15, -0.1) is 0 Å². The van der Waals surface area contributed by atoms with Crippen molar-refractivity contribution in [1.82, 2.24) is 4.90 Å². The summed E-state index contributed by atoms with van der Waals surface area (Å²) in [5, 5.41) is 3.75. The van der Waals surface area contributed by atoms with Gasteiger partial charge in [0.05, 0.1) is 24.9 Å². The molecule has 1 fully saturated rings. The van der Waals surface area contributed by atoms with Crippen molar-refractivity contribution in [2.45, 2.75) is 19.0 Å². The Hall–Kier alpha value is -3.42. The molecule has 33 heavy (non-hydrogen) atoms. The second-order valence-electron chi connectivity index (χ2n) is 7.48. The molecule has 0 saturated carbocycles. The highest BCUT2D eigenvalue weighted by Crippen LogP contribution is 2.30. The first-order chi connectivity index (χ1) is 16.0. The molecule has 8 heteroatoms. The fraction of sp³-hybridized carbons (Fsp3) is 0.160. The molecular weight excluding hydrogens is 458 g/mol. The predicted molar refractivity (Wildman–Crippen MR) is 134 cm³/mol. The number of hydrogen-bond donors (Lipinski definition) is 1. The quantitative estimate of drug-likeness (QED) is 0.489. The van der Waals surface area contributed by atoms with E-state index in [0.717, 1.165) is 5.56 Å². The molecule has 3 aromatic carbocycles. The Morgan fingerprint density at radius 1 is 1.03 bits per heavy atom. The highest BCUT2D eigenvalue weighted by atomic mass is 35.5.